The van der Waals surface area contributed by atoms with Crippen molar-refractivity contribution >= 4 is 26.5 Å². The number of carbonyl (C=O) groups is 1. The molecule has 1 saturated heterocycles. The summed E-state index contributed by atoms with van der Waals surface area (Å²) in [6.07, 6.45) is 2.30. The Bertz CT molecular complexity index is 1430. The first-order chi connectivity index (χ1) is 22.5. The Morgan fingerprint density at radius 1 is 1.15 bits per heavy atom. The first-order valence-electron chi connectivity index (χ1n) is 16.6. The number of fused-ring (bicyclic) bond motifs is 1. The number of hydrogen-bond donors (Lipinski definition) is 3. The van der Waals surface area contributed by atoms with Gasteiger partial charge in [0.1, 0.15) is 25.1 Å². The van der Waals surface area contributed by atoms with Gasteiger partial charge in [0.25, 0.3) is 14.1 Å². The van der Waals surface area contributed by atoms with E-state index in [1.807, 2.05) is 55.5 Å². The molecule has 4 rings (SSSR count). The van der Waals surface area contributed by atoms with Gasteiger partial charge in [-0.25, -0.2) is 16.0 Å². The molecule has 3 N–H and O–H groups in total. The molecule has 2 aliphatic rings. The molecule has 12 heteroatoms. The lowest BCUT2D eigenvalue weighted by molar-refractivity contribution is 0.00590. The third-order valence-electron chi connectivity index (χ3n) is 8.16. The third-order valence-corrected chi connectivity index (χ3v) is 10.3. The molecule has 6 atom stereocenters. The van der Waals surface area contributed by atoms with Crippen molar-refractivity contribution in [2.75, 3.05) is 25.0 Å². The van der Waals surface area contributed by atoms with Gasteiger partial charge in [0, 0.05) is 30.1 Å². The molecule has 1 aliphatic heterocycles. The summed E-state index contributed by atoms with van der Waals surface area (Å²) in [5, 5.41) is 6.44. The minimum Gasteiger partial charge on any atom is -0.445 e. The summed E-state index contributed by atoms with van der Waals surface area (Å²) in [6.45, 7) is 23.1. The molecule has 256 valence electrons. The average Bonchev–Trinajstić information content (AvgIpc) is 3.60. The fraction of sp³-hybridized carbons (Fsp3) is 0.571. The van der Waals surface area contributed by atoms with E-state index in [0.717, 1.165) is 11.1 Å². The molecule has 11 nitrogen and oxygen atoms in total. The molecule has 1 fully saturated rings. The predicted molar refractivity (Wildman–Crippen MR) is 186 cm³/mol. The maximum absolute atomic E-state index is 13.4. The number of anilines is 1. The van der Waals surface area contributed by atoms with Gasteiger partial charge < -0.3 is 39.0 Å². The normalized spacial score (nSPS) is 22.6. The largest absolute Gasteiger partial charge is 0.445 e. The number of hydrogen-bond acceptors (Lipinski definition) is 8. The van der Waals surface area contributed by atoms with Crippen molar-refractivity contribution in [2.24, 2.45) is 5.92 Å². The molecule has 0 spiro atoms. The Morgan fingerprint density at radius 2 is 1.87 bits per heavy atom. The zero-order valence-electron chi connectivity index (χ0n) is 28.6. The highest BCUT2D eigenvalue weighted by molar-refractivity contribution is 7.44. The van der Waals surface area contributed by atoms with E-state index in [1.54, 1.807) is 0 Å². The molecule has 2 unspecified atom stereocenters. The van der Waals surface area contributed by atoms with Crippen LogP contribution in [0.25, 0.3) is 10.9 Å². The van der Waals surface area contributed by atoms with Crippen LogP contribution in [0.4, 0.5) is 10.6 Å². The molecular weight excluding hydrogens is 617 g/mol. The van der Waals surface area contributed by atoms with E-state index < -0.39 is 32.9 Å². The van der Waals surface area contributed by atoms with Crippen LogP contribution >= 0.6 is 8.53 Å². The Hall–Kier alpha value is -3.26. The van der Waals surface area contributed by atoms with Gasteiger partial charge in [-0.15, -0.1) is 0 Å². The molecule has 2 heterocycles. The first-order valence-corrected chi connectivity index (χ1v) is 17.7. The van der Waals surface area contributed by atoms with Crippen molar-refractivity contribution in [3.63, 3.8) is 0 Å². The van der Waals surface area contributed by atoms with Gasteiger partial charge >= 0.3 is 6.09 Å². The number of H-pyrrole nitrogens is 1. The molecule has 1 aliphatic carbocycles. The summed E-state index contributed by atoms with van der Waals surface area (Å²) in [7, 11) is -1.62. The van der Waals surface area contributed by atoms with Gasteiger partial charge in [0.2, 0.25) is 6.54 Å². The van der Waals surface area contributed by atoms with Crippen LogP contribution in [-0.4, -0.2) is 71.9 Å². The summed E-state index contributed by atoms with van der Waals surface area (Å²) < 4.78 is 27.7. The van der Waals surface area contributed by atoms with Crippen LogP contribution in [0.1, 0.15) is 77.5 Å². The number of amides is 1. The number of ether oxygens (including phenoxy) is 2. The van der Waals surface area contributed by atoms with Crippen molar-refractivity contribution in [1.29, 1.82) is 0 Å². The van der Waals surface area contributed by atoms with E-state index in [2.05, 4.69) is 66.7 Å². The fourth-order valence-corrected chi connectivity index (χ4v) is 7.82. The zero-order valence-corrected chi connectivity index (χ0v) is 29.5. The Labute approximate surface area is 280 Å². The van der Waals surface area contributed by atoms with Crippen molar-refractivity contribution in [3.8, 4) is 0 Å². The van der Waals surface area contributed by atoms with Gasteiger partial charge in [0.15, 0.2) is 0 Å². The van der Waals surface area contributed by atoms with Crippen LogP contribution in [0.2, 0.25) is 0 Å². The number of aromatic nitrogens is 1. The van der Waals surface area contributed by atoms with E-state index in [4.69, 9.17) is 25.1 Å². The van der Waals surface area contributed by atoms with Crippen molar-refractivity contribution < 1.29 is 23.3 Å². The highest BCUT2D eigenvalue weighted by Gasteiger charge is 2.51. The minimum absolute atomic E-state index is 0.0996. The number of alkyl carbamates (subject to hydrolysis) is 1. The summed E-state index contributed by atoms with van der Waals surface area (Å²) in [6, 6.07) is 11.0. The summed E-state index contributed by atoms with van der Waals surface area (Å²) in [4.78, 5) is 33.0. The van der Waals surface area contributed by atoms with E-state index >= 15 is 0 Å². The quantitative estimate of drug-likeness (QED) is 0.103. The predicted octanol–water partition coefficient (Wildman–Crippen LogP) is 6.69. The maximum atomic E-state index is 13.4. The lowest BCUT2D eigenvalue weighted by atomic mass is 9.90. The zero-order chi connectivity index (χ0) is 34.1. The number of nitrogens with one attached hydrogen (secondary N) is 3. The fourth-order valence-electron chi connectivity index (χ4n) is 6.05. The van der Waals surface area contributed by atoms with Crippen molar-refractivity contribution in [1.82, 2.24) is 15.0 Å². The Morgan fingerprint density at radius 3 is 2.51 bits per heavy atom. The molecule has 0 radical (unpaired) electrons. The van der Waals surface area contributed by atoms with Gasteiger partial charge in [-0.2, -0.15) is 0 Å². The van der Waals surface area contributed by atoms with Crippen LogP contribution < -0.4 is 16.2 Å². The van der Waals surface area contributed by atoms with E-state index in [-0.39, 0.29) is 49.4 Å². The average molecular weight is 668 g/mol. The lowest BCUT2D eigenvalue weighted by Gasteiger charge is -2.38. The topological polar surface area (TPSA) is 119 Å². The number of benzene rings is 1. The molecule has 0 saturated carbocycles. The van der Waals surface area contributed by atoms with Crippen LogP contribution in [0.3, 0.4) is 0 Å². The third kappa shape index (κ3) is 9.43. The van der Waals surface area contributed by atoms with Gasteiger partial charge in [-0.1, -0.05) is 63.3 Å². The first kappa shape index (κ1) is 36.6. The standard InChI is InChI=1S/C35H50N5O6P/c1-9-29-33(46-47(44-18-17-36-8)40(23(4)5)24(6)7)31(39-35(42)43-21-25-13-11-10-12-14-25)32(45-29)26-15-16-27-28(26)19-30(38-34(27)41)37-20-22(2)3/h10-16,19,22-24,26,29,31-33H,9,17-18,20-21H2,1-7H3,(H,39,42)(H2,37,38,41)/t26-,29+,31-,32?,33+,47?/m0/s1. The molecule has 1 amide bonds. The minimum atomic E-state index is -1.62. The SMILES string of the molecule is [C-]#[N+]CCOP(O[C@@H]1[C@@H](CC)OC([C@H]2C=Cc3c2cc(NCC(C)C)[nH]c3=O)[C@@H]1NC(=O)OCc1ccccc1)N(C(C)C)C(C)C. The second-order valence-corrected chi connectivity index (χ2v) is 14.3. The van der Waals surface area contributed by atoms with E-state index in [9.17, 15) is 9.59 Å². The van der Waals surface area contributed by atoms with Crippen LogP contribution in [0, 0.1) is 12.5 Å². The summed E-state index contributed by atoms with van der Waals surface area (Å²) >= 11 is 0. The summed E-state index contributed by atoms with van der Waals surface area (Å²) in [5.41, 5.74) is 2.09. The second-order valence-electron chi connectivity index (χ2n) is 12.9. The highest BCUT2D eigenvalue weighted by Crippen LogP contribution is 2.51. The van der Waals surface area contributed by atoms with E-state index in [1.165, 1.54) is 0 Å². The van der Waals surface area contributed by atoms with Gasteiger partial charge in [-0.05, 0) is 57.2 Å². The number of nitrogens with zero attached hydrogens (tertiary/aromatic N) is 2. The number of aromatic amines is 1. The van der Waals surface area contributed by atoms with Gasteiger partial charge in [-0.3, -0.25) is 4.79 Å². The molecule has 0 bridgehead atoms. The molecule has 2 aromatic rings. The Kier molecular flexibility index (Phi) is 13.4. The molecule has 47 heavy (non-hydrogen) atoms. The smallest absolute Gasteiger partial charge is 0.407 e. The summed E-state index contributed by atoms with van der Waals surface area (Å²) in [5.74, 6) is 0.706. The van der Waals surface area contributed by atoms with Crippen molar-refractivity contribution in [3.05, 3.63) is 80.9 Å². The van der Waals surface area contributed by atoms with E-state index in [0.29, 0.717) is 30.3 Å². The second kappa shape index (κ2) is 17.2. The molecule has 1 aromatic heterocycles. The monoisotopic (exact) mass is 667 g/mol. The molecular formula is C35H50N5O6P. The number of pyridine rings is 1. The van der Waals surface area contributed by atoms with Crippen LogP contribution in [0.15, 0.2) is 47.3 Å². The van der Waals surface area contributed by atoms with Crippen LogP contribution in [-0.2, 0) is 25.1 Å². The van der Waals surface area contributed by atoms with Crippen LogP contribution in [0.5, 0.6) is 0 Å². The molecule has 1 aromatic carbocycles. The Balaban J connectivity index is 1.68. The highest BCUT2D eigenvalue weighted by atomic mass is 31.2. The van der Waals surface area contributed by atoms with Crippen molar-refractivity contribution in [2.45, 2.75) is 104 Å². The maximum Gasteiger partial charge on any atom is 0.407 e. The number of carbonyl (C=O) groups excluding carboxylic acids is 1. The van der Waals surface area contributed by atoms with Gasteiger partial charge in [0.05, 0.1) is 18.2 Å². The number of rotatable bonds is 16. The lowest BCUT2D eigenvalue weighted by Crippen LogP contribution is -2.50.